The fourth-order valence-corrected chi connectivity index (χ4v) is 4.09. The van der Waals surface area contributed by atoms with Gasteiger partial charge in [0.05, 0.1) is 12.2 Å². The molecule has 1 aliphatic carbocycles. The number of esters is 1. The van der Waals surface area contributed by atoms with Gasteiger partial charge in [0.1, 0.15) is 6.10 Å². The van der Waals surface area contributed by atoms with Gasteiger partial charge in [0.2, 0.25) is 11.6 Å². The second-order valence-corrected chi connectivity index (χ2v) is 8.25. The zero-order valence-electron chi connectivity index (χ0n) is 19.4. The molecule has 194 valence electrons. The van der Waals surface area contributed by atoms with Crippen molar-refractivity contribution in [1.29, 1.82) is 0 Å². The molecule has 0 bridgehead atoms. The number of halogens is 6. The van der Waals surface area contributed by atoms with E-state index in [1.807, 2.05) is 0 Å². The van der Waals surface area contributed by atoms with Gasteiger partial charge in [-0.1, -0.05) is 18.2 Å². The normalized spacial score (nSPS) is 15.3. The van der Waals surface area contributed by atoms with E-state index in [0.717, 1.165) is 30.3 Å². The van der Waals surface area contributed by atoms with Crippen molar-refractivity contribution in [3.05, 3.63) is 88.5 Å². The summed E-state index contributed by atoms with van der Waals surface area (Å²) in [6, 6.07) is 6.32. The van der Waals surface area contributed by atoms with Crippen LogP contribution >= 0.6 is 0 Å². The summed E-state index contributed by atoms with van der Waals surface area (Å²) in [4.78, 5) is 12.2. The summed E-state index contributed by atoms with van der Waals surface area (Å²) in [5, 5.41) is 9.17. The monoisotopic (exact) mass is 522 g/mol. The molecular weight excluding hydrogens is 502 g/mol. The van der Waals surface area contributed by atoms with Gasteiger partial charge < -0.3 is 14.6 Å². The van der Waals surface area contributed by atoms with Crippen molar-refractivity contribution in [2.75, 3.05) is 6.61 Å². The highest BCUT2D eigenvalue weighted by atomic mass is 19.2. The van der Waals surface area contributed by atoms with Gasteiger partial charge in [0.15, 0.2) is 34.8 Å². The molecule has 0 aromatic heterocycles. The molecule has 3 aromatic rings. The van der Waals surface area contributed by atoms with Gasteiger partial charge in [0.25, 0.3) is 0 Å². The van der Waals surface area contributed by atoms with E-state index in [4.69, 9.17) is 9.47 Å². The first-order chi connectivity index (χ1) is 17.6. The van der Waals surface area contributed by atoms with Crippen molar-refractivity contribution in [3.63, 3.8) is 0 Å². The van der Waals surface area contributed by atoms with Gasteiger partial charge in [-0.25, -0.2) is 22.4 Å². The number of aromatic hydroxyl groups is 1. The molecule has 4 rings (SSSR count). The van der Waals surface area contributed by atoms with E-state index in [9.17, 15) is 36.2 Å². The number of ether oxygens (including phenoxy) is 2. The van der Waals surface area contributed by atoms with Crippen LogP contribution in [0.2, 0.25) is 0 Å². The third-order valence-electron chi connectivity index (χ3n) is 5.98. The predicted molar refractivity (Wildman–Crippen MR) is 122 cm³/mol. The minimum absolute atomic E-state index is 0.0881. The van der Waals surface area contributed by atoms with Gasteiger partial charge in [-0.3, -0.25) is 0 Å². The fraction of sp³-hybridized carbons (Fsp3) is 0.222. The summed E-state index contributed by atoms with van der Waals surface area (Å²) in [5.74, 6) is -10.8. The lowest BCUT2D eigenvalue weighted by atomic mass is 9.90. The fourth-order valence-electron chi connectivity index (χ4n) is 4.09. The molecule has 0 saturated carbocycles. The molecule has 1 unspecified atom stereocenters. The van der Waals surface area contributed by atoms with Gasteiger partial charge in [-0.15, -0.1) is 0 Å². The first kappa shape index (κ1) is 26.1. The van der Waals surface area contributed by atoms with Crippen molar-refractivity contribution < 1.29 is 45.7 Å². The molecule has 1 aliphatic rings. The highest BCUT2D eigenvalue weighted by Gasteiger charge is 2.27. The quantitative estimate of drug-likeness (QED) is 0.278. The van der Waals surface area contributed by atoms with E-state index >= 15 is 0 Å². The van der Waals surface area contributed by atoms with Crippen LogP contribution in [0.25, 0.3) is 16.7 Å². The van der Waals surface area contributed by atoms with E-state index < -0.39 is 69.4 Å². The Kier molecular flexibility index (Phi) is 7.47. The number of rotatable bonds is 6. The Hall–Kier alpha value is -3.95. The molecule has 1 atom stereocenters. The summed E-state index contributed by atoms with van der Waals surface area (Å²) >= 11 is 0. The van der Waals surface area contributed by atoms with Crippen LogP contribution in [0.4, 0.5) is 26.3 Å². The van der Waals surface area contributed by atoms with E-state index in [-0.39, 0.29) is 37.2 Å². The smallest absolute Gasteiger partial charge is 0.341 e. The second kappa shape index (κ2) is 10.6. The lowest BCUT2D eigenvalue weighted by molar-refractivity contribution is 0.0278. The molecule has 0 radical (unpaired) electrons. The van der Waals surface area contributed by atoms with Crippen LogP contribution in [0.5, 0.6) is 11.5 Å². The van der Waals surface area contributed by atoms with Crippen LogP contribution in [-0.4, -0.2) is 23.8 Å². The second-order valence-electron chi connectivity index (χ2n) is 8.25. The van der Waals surface area contributed by atoms with Crippen molar-refractivity contribution in [1.82, 2.24) is 0 Å². The molecule has 0 amide bonds. The molecule has 0 saturated heterocycles. The van der Waals surface area contributed by atoms with Crippen LogP contribution in [-0.2, 0) is 4.74 Å². The summed E-state index contributed by atoms with van der Waals surface area (Å²) < 4.78 is 96.2. The average molecular weight is 522 g/mol. The molecule has 1 N–H and O–H groups in total. The van der Waals surface area contributed by atoms with E-state index in [1.165, 1.54) is 12.1 Å². The maximum absolute atomic E-state index is 15.0. The highest BCUT2D eigenvalue weighted by Crippen LogP contribution is 2.36. The van der Waals surface area contributed by atoms with Crippen molar-refractivity contribution in [2.45, 2.75) is 32.3 Å². The summed E-state index contributed by atoms with van der Waals surface area (Å²) in [5.41, 5.74) is -1.31. The Morgan fingerprint density at radius 2 is 1.46 bits per heavy atom. The van der Waals surface area contributed by atoms with Crippen molar-refractivity contribution in [3.8, 4) is 22.6 Å². The number of allylic oxidation sites excluding steroid dienone is 1. The van der Waals surface area contributed by atoms with Crippen LogP contribution in [0, 0.1) is 34.9 Å². The number of phenolic OH excluding ortho intramolecular Hbond substituents is 1. The largest absolute Gasteiger partial charge is 0.505 e. The summed E-state index contributed by atoms with van der Waals surface area (Å²) in [6.45, 7) is 1.68. The minimum Gasteiger partial charge on any atom is -0.505 e. The van der Waals surface area contributed by atoms with Crippen LogP contribution in [0.3, 0.4) is 0 Å². The third kappa shape index (κ3) is 5.00. The predicted octanol–water partition coefficient (Wildman–Crippen LogP) is 7.09. The van der Waals surface area contributed by atoms with E-state index in [1.54, 1.807) is 6.92 Å². The highest BCUT2D eigenvalue weighted by molar-refractivity contribution is 5.90. The first-order valence-electron chi connectivity index (χ1n) is 11.3. The molecule has 0 spiro atoms. The molecule has 10 heteroatoms. The number of hydrogen-bond donors (Lipinski definition) is 1. The minimum atomic E-state index is -1.57. The molecular formula is C27H20F6O4. The number of phenols is 1. The topological polar surface area (TPSA) is 55.8 Å². The number of hydrogen-bond acceptors (Lipinski definition) is 4. The lowest BCUT2D eigenvalue weighted by Crippen LogP contribution is -2.21. The standard InChI is InChI=1S/C27H20F6O4/c1-2-36-20-12-10-17(23(30)26(20)33)16-8-7-15(21(28)22(16)29)13-3-5-14(6-4-13)37-27(35)18-9-11-19(34)25(32)24(18)31/h3,7-12,14,34H,2,4-6H2,1H3. The lowest BCUT2D eigenvalue weighted by Gasteiger charge is -2.23. The maximum Gasteiger partial charge on any atom is 0.341 e. The SMILES string of the molecule is CCOc1ccc(-c2ccc(C3=CCC(OC(=O)c4ccc(O)c(F)c4F)CC3)c(F)c2F)c(F)c1F. The van der Waals surface area contributed by atoms with E-state index in [0.29, 0.717) is 5.57 Å². The number of benzene rings is 3. The number of carbonyl (C=O) groups excluding carboxylic acids is 1. The first-order valence-corrected chi connectivity index (χ1v) is 11.3. The molecule has 0 fully saturated rings. The Bertz CT molecular complexity index is 1400. The Balaban J connectivity index is 1.52. The zero-order valence-corrected chi connectivity index (χ0v) is 19.4. The van der Waals surface area contributed by atoms with Crippen molar-refractivity contribution in [2.24, 2.45) is 0 Å². The van der Waals surface area contributed by atoms with Gasteiger partial charge in [-0.2, -0.15) is 8.78 Å². The molecule has 0 heterocycles. The number of carbonyl (C=O) groups is 1. The van der Waals surface area contributed by atoms with Crippen LogP contribution < -0.4 is 4.74 Å². The average Bonchev–Trinajstić information content (AvgIpc) is 2.88. The maximum atomic E-state index is 15.0. The van der Waals surface area contributed by atoms with Gasteiger partial charge in [0, 0.05) is 23.1 Å². The van der Waals surface area contributed by atoms with Gasteiger partial charge in [-0.05, 0) is 49.6 Å². The molecule has 37 heavy (non-hydrogen) atoms. The summed E-state index contributed by atoms with van der Waals surface area (Å²) in [7, 11) is 0. The van der Waals surface area contributed by atoms with Crippen LogP contribution in [0.15, 0.2) is 42.5 Å². The summed E-state index contributed by atoms with van der Waals surface area (Å²) in [6.07, 6.45) is 1.21. The molecule has 3 aromatic carbocycles. The Morgan fingerprint density at radius 1 is 0.838 bits per heavy atom. The zero-order chi connectivity index (χ0) is 26.9. The van der Waals surface area contributed by atoms with Crippen molar-refractivity contribution >= 4 is 11.5 Å². The Morgan fingerprint density at radius 3 is 2.11 bits per heavy atom. The van der Waals surface area contributed by atoms with Crippen LogP contribution in [0.1, 0.15) is 42.1 Å². The molecule has 4 nitrogen and oxygen atoms in total. The van der Waals surface area contributed by atoms with Gasteiger partial charge >= 0.3 is 5.97 Å². The van der Waals surface area contributed by atoms with E-state index in [2.05, 4.69) is 0 Å². The third-order valence-corrected chi connectivity index (χ3v) is 5.98. The Labute approximate surface area is 207 Å². The molecule has 0 aliphatic heterocycles.